The van der Waals surface area contributed by atoms with Crippen LogP contribution in [0.25, 0.3) is 0 Å². The Hall–Kier alpha value is -2.35. The Labute approximate surface area is 131 Å². The second-order valence-electron chi connectivity index (χ2n) is 5.87. The number of rotatable bonds is 3. The molecule has 0 saturated carbocycles. The van der Waals surface area contributed by atoms with Crippen molar-refractivity contribution in [3.63, 3.8) is 0 Å². The van der Waals surface area contributed by atoms with Gasteiger partial charge in [0, 0.05) is 22.6 Å². The van der Waals surface area contributed by atoms with Crippen molar-refractivity contribution in [3.05, 3.63) is 44.4 Å². The lowest BCUT2D eigenvalue weighted by Crippen LogP contribution is -2.12. The fourth-order valence-electron chi connectivity index (χ4n) is 1.75. The highest BCUT2D eigenvalue weighted by Crippen LogP contribution is 2.28. The second kappa shape index (κ2) is 5.80. The molecule has 1 aromatic carbocycles. The van der Waals surface area contributed by atoms with Gasteiger partial charge in [0.1, 0.15) is 5.01 Å². The van der Waals surface area contributed by atoms with Crippen molar-refractivity contribution >= 4 is 28.1 Å². The van der Waals surface area contributed by atoms with Crippen LogP contribution in [0.2, 0.25) is 0 Å². The summed E-state index contributed by atoms with van der Waals surface area (Å²) in [7, 11) is 0. The molecule has 1 aromatic heterocycles. The highest BCUT2D eigenvalue weighted by molar-refractivity contribution is 7.15. The summed E-state index contributed by atoms with van der Waals surface area (Å²) >= 11 is 1.31. The summed E-state index contributed by atoms with van der Waals surface area (Å²) in [5.41, 5.74) is 0.633. The molecule has 0 fully saturated rings. The zero-order valence-corrected chi connectivity index (χ0v) is 13.5. The Bertz CT molecular complexity index is 734. The molecule has 0 bridgehead atoms. The standard InChI is InChI=1S/C14H16N4O3S/c1-8-7-9(5-6-10(8)18(20)21)11(19)15-13-17-16-12(22-13)14(2,3)4/h5-7H,1-4H3,(H,15,17,19). The van der Waals surface area contributed by atoms with Crippen molar-refractivity contribution in [2.45, 2.75) is 33.1 Å². The maximum atomic E-state index is 12.2. The molecule has 0 aliphatic heterocycles. The molecular formula is C14H16N4O3S. The number of carbonyl (C=O) groups excluding carboxylic acids is 1. The number of amides is 1. The molecule has 0 saturated heterocycles. The van der Waals surface area contributed by atoms with Crippen molar-refractivity contribution in [1.29, 1.82) is 0 Å². The Balaban J connectivity index is 2.17. The molecule has 1 heterocycles. The van der Waals surface area contributed by atoms with Crippen LogP contribution in [0.1, 0.15) is 41.7 Å². The van der Waals surface area contributed by atoms with E-state index in [0.29, 0.717) is 16.3 Å². The number of benzene rings is 1. The maximum Gasteiger partial charge on any atom is 0.272 e. The largest absolute Gasteiger partial charge is 0.296 e. The fourth-order valence-corrected chi connectivity index (χ4v) is 2.54. The average Bonchev–Trinajstić information content (AvgIpc) is 2.86. The Morgan fingerprint density at radius 2 is 2.00 bits per heavy atom. The molecule has 8 heteroatoms. The number of aromatic nitrogens is 2. The minimum absolute atomic E-state index is 0.0116. The molecule has 0 aliphatic rings. The molecule has 1 N–H and O–H groups in total. The van der Waals surface area contributed by atoms with Crippen LogP contribution >= 0.6 is 11.3 Å². The van der Waals surface area contributed by atoms with E-state index in [4.69, 9.17) is 0 Å². The molecule has 22 heavy (non-hydrogen) atoms. The van der Waals surface area contributed by atoms with Gasteiger partial charge in [-0.2, -0.15) is 0 Å². The van der Waals surface area contributed by atoms with E-state index in [0.717, 1.165) is 5.01 Å². The van der Waals surface area contributed by atoms with E-state index in [1.165, 1.54) is 29.5 Å². The van der Waals surface area contributed by atoms with E-state index in [1.54, 1.807) is 6.92 Å². The molecule has 2 aromatic rings. The maximum absolute atomic E-state index is 12.2. The number of hydrogen-bond donors (Lipinski definition) is 1. The molecule has 1 amide bonds. The van der Waals surface area contributed by atoms with Gasteiger partial charge in [-0.3, -0.25) is 20.2 Å². The molecule has 116 valence electrons. The quantitative estimate of drug-likeness (QED) is 0.691. The van der Waals surface area contributed by atoms with Crippen molar-refractivity contribution in [2.24, 2.45) is 0 Å². The summed E-state index contributed by atoms with van der Waals surface area (Å²) in [6, 6.07) is 4.23. The predicted octanol–water partition coefficient (Wildman–Crippen LogP) is 3.30. The third kappa shape index (κ3) is 3.45. The minimum atomic E-state index is -0.475. The number of aryl methyl sites for hydroxylation is 1. The first-order chi connectivity index (χ1) is 10.2. The molecule has 0 atom stereocenters. The van der Waals surface area contributed by atoms with Crippen LogP contribution in [0.5, 0.6) is 0 Å². The van der Waals surface area contributed by atoms with Crippen LogP contribution < -0.4 is 5.32 Å². The summed E-state index contributed by atoms with van der Waals surface area (Å²) in [5, 5.41) is 22.7. The summed E-state index contributed by atoms with van der Waals surface area (Å²) in [6.45, 7) is 7.63. The summed E-state index contributed by atoms with van der Waals surface area (Å²) in [6.07, 6.45) is 0. The molecule has 7 nitrogen and oxygen atoms in total. The van der Waals surface area contributed by atoms with Crippen LogP contribution in [0.15, 0.2) is 18.2 Å². The number of hydrogen-bond acceptors (Lipinski definition) is 6. The first kappa shape index (κ1) is 16.0. The van der Waals surface area contributed by atoms with Gasteiger partial charge in [0.15, 0.2) is 0 Å². The molecular weight excluding hydrogens is 304 g/mol. The van der Waals surface area contributed by atoms with E-state index in [-0.39, 0.29) is 17.0 Å². The summed E-state index contributed by atoms with van der Waals surface area (Å²) in [5.74, 6) is -0.366. The highest BCUT2D eigenvalue weighted by atomic mass is 32.1. The third-order valence-electron chi connectivity index (χ3n) is 2.94. The molecule has 0 spiro atoms. The number of nitrogens with zero attached hydrogens (tertiary/aromatic N) is 3. The summed E-state index contributed by atoms with van der Waals surface area (Å²) in [4.78, 5) is 22.5. The van der Waals surface area contributed by atoms with Crippen LogP contribution in [0.3, 0.4) is 0 Å². The number of carbonyl (C=O) groups is 1. The first-order valence-electron chi connectivity index (χ1n) is 6.59. The molecule has 0 aliphatic carbocycles. The SMILES string of the molecule is Cc1cc(C(=O)Nc2nnc(C(C)(C)C)s2)ccc1[N+](=O)[O-]. The van der Waals surface area contributed by atoms with E-state index in [9.17, 15) is 14.9 Å². The van der Waals surface area contributed by atoms with Gasteiger partial charge >= 0.3 is 0 Å². The van der Waals surface area contributed by atoms with Gasteiger partial charge in [-0.1, -0.05) is 32.1 Å². The van der Waals surface area contributed by atoms with Gasteiger partial charge in [-0.25, -0.2) is 0 Å². The second-order valence-corrected chi connectivity index (χ2v) is 6.85. The van der Waals surface area contributed by atoms with Gasteiger partial charge in [0.25, 0.3) is 11.6 Å². The minimum Gasteiger partial charge on any atom is -0.296 e. The van der Waals surface area contributed by atoms with Crippen LogP contribution in [-0.2, 0) is 5.41 Å². The van der Waals surface area contributed by atoms with Crippen molar-refractivity contribution in [1.82, 2.24) is 10.2 Å². The van der Waals surface area contributed by atoms with E-state index in [1.807, 2.05) is 20.8 Å². The summed E-state index contributed by atoms with van der Waals surface area (Å²) < 4.78 is 0. The number of nitro groups is 1. The van der Waals surface area contributed by atoms with Crippen LogP contribution in [0.4, 0.5) is 10.8 Å². The molecule has 2 rings (SSSR count). The Kier molecular flexibility index (Phi) is 4.23. The van der Waals surface area contributed by atoms with Gasteiger partial charge in [0.2, 0.25) is 5.13 Å². The Morgan fingerprint density at radius 3 is 2.50 bits per heavy atom. The predicted molar refractivity (Wildman–Crippen MR) is 84.4 cm³/mol. The van der Waals surface area contributed by atoms with Gasteiger partial charge in [-0.15, -0.1) is 10.2 Å². The smallest absolute Gasteiger partial charge is 0.272 e. The van der Waals surface area contributed by atoms with Crippen molar-refractivity contribution < 1.29 is 9.72 Å². The van der Waals surface area contributed by atoms with Crippen molar-refractivity contribution in [2.75, 3.05) is 5.32 Å². The lowest BCUT2D eigenvalue weighted by molar-refractivity contribution is -0.385. The lowest BCUT2D eigenvalue weighted by Gasteiger charge is -2.12. The van der Waals surface area contributed by atoms with Crippen LogP contribution in [0, 0.1) is 17.0 Å². The van der Waals surface area contributed by atoms with Gasteiger partial charge in [-0.05, 0) is 19.1 Å². The van der Waals surface area contributed by atoms with E-state index < -0.39 is 4.92 Å². The number of anilines is 1. The van der Waals surface area contributed by atoms with Crippen molar-refractivity contribution in [3.8, 4) is 0 Å². The van der Waals surface area contributed by atoms with Crippen LogP contribution in [-0.4, -0.2) is 21.0 Å². The zero-order valence-electron chi connectivity index (χ0n) is 12.7. The number of nitro benzene ring substituents is 1. The number of nitrogens with one attached hydrogen (secondary N) is 1. The van der Waals surface area contributed by atoms with E-state index >= 15 is 0 Å². The monoisotopic (exact) mass is 320 g/mol. The Morgan fingerprint density at radius 1 is 1.32 bits per heavy atom. The third-order valence-corrected chi connectivity index (χ3v) is 4.21. The van der Waals surface area contributed by atoms with Gasteiger partial charge in [0.05, 0.1) is 4.92 Å². The molecule has 0 radical (unpaired) electrons. The molecule has 0 unspecified atom stereocenters. The fraction of sp³-hybridized carbons (Fsp3) is 0.357. The van der Waals surface area contributed by atoms with E-state index in [2.05, 4.69) is 15.5 Å². The normalized spacial score (nSPS) is 11.3. The highest BCUT2D eigenvalue weighted by Gasteiger charge is 2.20. The first-order valence-corrected chi connectivity index (χ1v) is 7.40. The topological polar surface area (TPSA) is 98.0 Å². The van der Waals surface area contributed by atoms with Gasteiger partial charge < -0.3 is 0 Å². The lowest BCUT2D eigenvalue weighted by atomic mass is 9.98. The zero-order chi connectivity index (χ0) is 16.5. The average molecular weight is 320 g/mol.